The van der Waals surface area contributed by atoms with Crippen LogP contribution in [0, 0.1) is 6.92 Å². The van der Waals surface area contributed by atoms with Gasteiger partial charge in [0.05, 0.1) is 12.0 Å². The molecule has 1 amide bonds. The van der Waals surface area contributed by atoms with Gasteiger partial charge in [0.2, 0.25) is 10.0 Å². The molecule has 0 saturated heterocycles. The van der Waals surface area contributed by atoms with Gasteiger partial charge in [-0.05, 0) is 66.9 Å². The van der Waals surface area contributed by atoms with Gasteiger partial charge in [0.15, 0.2) is 0 Å². The molecule has 160 valence electrons. The van der Waals surface area contributed by atoms with Gasteiger partial charge in [0.1, 0.15) is 5.75 Å². The fraction of sp³-hybridized carbons (Fsp3) is 0.208. The van der Waals surface area contributed by atoms with Gasteiger partial charge in [0, 0.05) is 24.3 Å². The number of rotatable bonds is 6. The monoisotopic (exact) mass is 436 g/mol. The summed E-state index contributed by atoms with van der Waals surface area (Å²) in [6.45, 7) is 2.78. The highest BCUT2D eigenvalue weighted by molar-refractivity contribution is 7.89. The van der Waals surface area contributed by atoms with Crippen molar-refractivity contribution in [1.82, 2.24) is 4.72 Å². The highest BCUT2D eigenvalue weighted by Gasteiger charge is 2.26. The Morgan fingerprint density at radius 3 is 2.42 bits per heavy atom. The fourth-order valence-corrected chi connectivity index (χ4v) is 4.66. The van der Waals surface area contributed by atoms with Crippen molar-refractivity contribution in [2.75, 3.05) is 18.6 Å². The summed E-state index contributed by atoms with van der Waals surface area (Å²) < 4.78 is 32.8. The van der Waals surface area contributed by atoms with Crippen LogP contribution in [0.5, 0.6) is 5.75 Å². The zero-order valence-electron chi connectivity index (χ0n) is 17.5. The number of aryl methyl sites for hydroxylation is 1. The average Bonchev–Trinajstić information content (AvgIpc) is 3.21. The number of benzene rings is 3. The number of methoxy groups -OCH3 is 1. The molecule has 0 fully saturated rings. The summed E-state index contributed by atoms with van der Waals surface area (Å²) in [6.07, 6.45) is 0.742. The third-order valence-electron chi connectivity index (χ3n) is 5.42. The summed E-state index contributed by atoms with van der Waals surface area (Å²) in [6, 6.07) is 19.5. The highest BCUT2D eigenvalue weighted by Crippen LogP contribution is 2.30. The van der Waals surface area contributed by atoms with Crippen LogP contribution in [-0.4, -0.2) is 28.0 Å². The predicted octanol–water partition coefficient (Wildman–Crippen LogP) is 3.69. The number of ether oxygens (including phenoxy) is 1. The molecule has 0 unspecified atom stereocenters. The Morgan fingerprint density at radius 1 is 1.03 bits per heavy atom. The van der Waals surface area contributed by atoms with Gasteiger partial charge in [-0.15, -0.1) is 0 Å². The highest BCUT2D eigenvalue weighted by atomic mass is 32.2. The normalized spacial score (nSPS) is 13.2. The van der Waals surface area contributed by atoms with Crippen molar-refractivity contribution in [2.45, 2.75) is 24.8 Å². The Balaban J connectivity index is 1.46. The van der Waals surface area contributed by atoms with Crippen molar-refractivity contribution >= 4 is 21.6 Å². The first-order valence-electron chi connectivity index (χ1n) is 10.0. The van der Waals surface area contributed by atoms with Crippen molar-refractivity contribution in [3.8, 4) is 5.75 Å². The SMILES string of the molecule is COc1ccc(S(=O)(=O)NCc2ccc3c(c2)CCN3C(=O)c2ccc(C)cc2)cc1. The molecule has 0 bridgehead atoms. The smallest absolute Gasteiger partial charge is 0.258 e. The number of sulfonamides is 1. The second kappa shape index (κ2) is 8.53. The maximum absolute atomic E-state index is 12.9. The number of amides is 1. The van der Waals surface area contributed by atoms with E-state index >= 15 is 0 Å². The van der Waals surface area contributed by atoms with Crippen LogP contribution >= 0.6 is 0 Å². The minimum Gasteiger partial charge on any atom is -0.497 e. The summed E-state index contributed by atoms with van der Waals surface area (Å²) >= 11 is 0. The van der Waals surface area contributed by atoms with E-state index in [0.717, 1.165) is 28.8 Å². The second-order valence-corrected chi connectivity index (χ2v) is 9.30. The van der Waals surface area contributed by atoms with Crippen LogP contribution in [0.15, 0.2) is 71.6 Å². The van der Waals surface area contributed by atoms with Crippen molar-refractivity contribution in [1.29, 1.82) is 0 Å². The van der Waals surface area contributed by atoms with Crippen molar-refractivity contribution in [3.05, 3.63) is 89.0 Å². The van der Waals surface area contributed by atoms with Crippen LogP contribution < -0.4 is 14.4 Å². The van der Waals surface area contributed by atoms with Gasteiger partial charge in [0.25, 0.3) is 5.91 Å². The van der Waals surface area contributed by atoms with Crippen molar-refractivity contribution < 1.29 is 17.9 Å². The minimum atomic E-state index is -3.63. The first-order chi connectivity index (χ1) is 14.9. The lowest BCUT2D eigenvalue weighted by molar-refractivity contribution is 0.0989. The van der Waals surface area contributed by atoms with Crippen LogP contribution in [0.4, 0.5) is 5.69 Å². The molecule has 1 N–H and O–H groups in total. The van der Waals surface area contributed by atoms with Gasteiger partial charge in [-0.3, -0.25) is 4.79 Å². The number of fused-ring (bicyclic) bond motifs is 1. The summed E-state index contributed by atoms with van der Waals surface area (Å²) in [7, 11) is -2.10. The average molecular weight is 437 g/mol. The lowest BCUT2D eigenvalue weighted by Gasteiger charge is -2.18. The standard InChI is InChI=1S/C24H24N2O4S/c1-17-3-6-19(7-4-17)24(27)26-14-13-20-15-18(5-12-23(20)26)16-25-31(28,29)22-10-8-21(30-2)9-11-22/h3-12,15,25H,13-14,16H2,1-2H3. The Labute approximate surface area is 182 Å². The maximum atomic E-state index is 12.9. The zero-order chi connectivity index (χ0) is 22.0. The summed E-state index contributed by atoms with van der Waals surface area (Å²) in [5, 5.41) is 0. The van der Waals surface area contributed by atoms with Crippen LogP contribution in [0.1, 0.15) is 27.0 Å². The Bertz CT molecular complexity index is 1200. The number of nitrogens with zero attached hydrogens (tertiary/aromatic N) is 1. The summed E-state index contributed by atoms with van der Waals surface area (Å²) in [5.41, 5.74) is 4.55. The quantitative estimate of drug-likeness (QED) is 0.640. The van der Waals surface area contributed by atoms with Gasteiger partial charge < -0.3 is 9.64 Å². The molecule has 1 aliphatic rings. The van der Waals surface area contributed by atoms with Gasteiger partial charge in [-0.2, -0.15) is 0 Å². The summed E-state index contributed by atoms with van der Waals surface area (Å²) in [4.78, 5) is 14.9. The number of anilines is 1. The number of carbonyl (C=O) groups excluding carboxylic acids is 1. The molecular weight excluding hydrogens is 412 g/mol. The molecule has 6 nitrogen and oxygen atoms in total. The van der Waals surface area contributed by atoms with E-state index < -0.39 is 10.0 Å². The molecule has 0 saturated carbocycles. The Morgan fingerprint density at radius 2 is 1.74 bits per heavy atom. The van der Waals surface area contributed by atoms with E-state index in [1.807, 2.05) is 49.4 Å². The van der Waals surface area contributed by atoms with E-state index in [-0.39, 0.29) is 17.3 Å². The molecule has 1 heterocycles. The third kappa shape index (κ3) is 4.47. The lowest BCUT2D eigenvalue weighted by atomic mass is 10.1. The first-order valence-corrected chi connectivity index (χ1v) is 11.5. The topological polar surface area (TPSA) is 75.7 Å². The van der Waals surface area contributed by atoms with E-state index in [2.05, 4.69) is 4.72 Å². The molecule has 0 spiro atoms. The third-order valence-corrected chi connectivity index (χ3v) is 6.84. The number of hydrogen-bond acceptors (Lipinski definition) is 4. The Hall–Kier alpha value is -3.16. The van der Waals surface area contributed by atoms with Crippen LogP contribution in [-0.2, 0) is 23.0 Å². The van der Waals surface area contributed by atoms with Crippen molar-refractivity contribution in [2.24, 2.45) is 0 Å². The number of carbonyl (C=O) groups is 1. The van der Waals surface area contributed by atoms with Crippen LogP contribution in [0.25, 0.3) is 0 Å². The molecule has 0 radical (unpaired) electrons. The maximum Gasteiger partial charge on any atom is 0.258 e. The first kappa shape index (κ1) is 21.1. The fourth-order valence-electron chi connectivity index (χ4n) is 3.64. The Kier molecular flexibility index (Phi) is 5.80. The van der Waals surface area contributed by atoms with E-state index in [0.29, 0.717) is 17.9 Å². The summed E-state index contributed by atoms with van der Waals surface area (Å²) in [5.74, 6) is 0.578. The molecule has 3 aromatic rings. The van der Waals surface area contributed by atoms with E-state index in [4.69, 9.17) is 4.74 Å². The van der Waals surface area contributed by atoms with Gasteiger partial charge >= 0.3 is 0 Å². The molecule has 3 aromatic carbocycles. The van der Waals surface area contributed by atoms with E-state index in [9.17, 15) is 13.2 Å². The van der Waals surface area contributed by atoms with Gasteiger partial charge in [-0.1, -0.05) is 29.8 Å². The molecule has 0 atom stereocenters. The molecule has 1 aliphatic heterocycles. The van der Waals surface area contributed by atoms with Crippen LogP contribution in [0.2, 0.25) is 0 Å². The molecule has 0 aromatic heterocycles. The van der Waals surface area contributed by atoms with Crippen molar-refractivity contribution in [3.63, 3.8) is 0 Å². The molecule has 4 rings (SSSR count). The number of nitrogens with one attached hydrogen (secondary N) is 1. The molecule has 0 aliphatic carbocycles. The second-order valence-electron chi connectivity index (χ2n) is 7.54. The molecule has 7 heteroatoms. The number of hydrogen-bond donors (Lipinski definition) is 1. The van der Waals surface area contributed by atoms with E-state index in [1.165, 1.54) is 19.2 Å². The van der Waals surface area contributed by atoms with E-state index in [1.54, 1.807) is 17.0 Å². The largest absolute Gasteiger partial charge is 0.497 e. The van der Waals surface area contributed by atoms with Gasteiger partial charge in [-0.25, -0.2) is 13.1 Å². The minimum absolute atomic E-state index is 0.0216. The zero-order valence-corrected chi connectivity index (χ0v) is 18.3. The lowest BCUT2D eigenvalue weighted by Crippen LogP contribution is -2.28. The molecular formula is C24H24N2O4S. The molecule has 31 heavy (non-hydrogen) atoms. The predicted molar refractivity (Wildman–Crippen MR) is 120 cm³/mol. The van der Waals surface area contributed by atoms with Crippen LogP contribution in [0.3, 0.4) is 0 Å².